The van der Waals surface area contributed by atoms with Crippen molar-refractivity contribution in [2.24, 2.45) is 0 Å². The second-order valence-electron chi connectivity index (χ2n) is 9.76. The van der Waals surface area contributed by atoms with Crippen LogP contribution < -0.4 is 10.6 Å². The van der Waals surface area contributed by atoms with Gasteiger partial charge in [-0.25, -0.2) is 4.79 Å². The average molecular weight is 503 g/mol. The fourth-order valence-corrected chi connectivity index (χ4v) is 4.62. The number of nitriles is 1. The molecule has 1 aliphatic rings. The number of ether oxygens (including phenoxy) is 1. The molecule has 1 fully saturated rings. The number of alkyl carbamates (subject to hydrolysis) is 1. The maximum atomic E-state index is 13.8. The monoisotopic (exact) mass is 502 g/mol. The van der Waals surface area contributed by atoms with E-state index >= 15 is 0 Å². The minimum atomic E-state index is -0.984. The summed E-state index contributed by atoms with van der Waals surface area (Å²) in [6, 6.07) is 9.16. The Morgan fingerprint density at radius 1 is 1.17 bits per heavy atom. The number of thioether (sulfide) groups is 1. The summed E-state index contributed by atoms with van der Waals surface area (Å²) < 4.78 is 5.36. The van der Waals surface area contributed by atoms with E-state index in [4.69, 9.17) is 4.74 Å². The Hall–Kier alpha value is -2.73. The van der Waals surface area contributed by atoms with Crippen LogP contribution in [0, 0.1) is 11.3 Å². The molecule has 2 unspecified atom stereocenters. The van der Waals surface area contributed by atoms with Crippen LogP contribution in [0.5, 0.6) is 0 Å². The molecule has 1 aromatic carbocycles. The summed E-state index contributed by atoms with van der Waals surface area (Å²) in [4.78, 5) is 41.1. The Balaban J connectivity index is 2.35. The van der Waals surface area contributed by atoms with Crippen LogP contribution in [0.15, 0.2) is 30.3 Å². The van der Waals surface area contributed by atoms with Gasteiger partial charge in [0.2, 0.25) is 11.8 Å². The lowest BCUT2D eigenvalue weighted by Gasteiger charge is -2.34. The van der Waals surface area contributed by atoms with Gasteiger partial charge in [0.05, 0.1) is 6.07 Å². The molecular weight excluding hydrogens is 464 g/mol. The first-order valence-electron chi connectivity index (χ1n) is 12.2. The molecule has 0 saturated heterocycles. The van der Waals surface area contributed by atoms with Gasteiger partial charge in [-0.3, -0.25) is 9.59 Å². The molecule has 0 radical (unpaired) electrons. The molecule has 0 bridgehead atoms. The third kappa shape index (κ3) is 9.44. The number of benzene rings is 1. The zero-order valence-corrected chi connectivity index (χ0v) is 22.0. The van der Waals surface area contributed by atoms with Crippen molar-refractivity contribution in [2.45, 2.75) is 83.0 Å². The van der Waals surface area contributed by atoms with Gasteiger partial charge >= 0.3 is 6.09 Å². The quantitative estimate of drug-likeness (QED) is 0.465. The van der Waals surface area contributed by atoms with Crippen LogP contribution in [0.3, 0.4) is 0 Å². The first kappa shape index (κ1) is 28.5. The van der Waals surface area contributed by atoms with E-state index in [1.807, 2.05) is 18.4 Å². The molecule has 0 aromatic heterocycles. The number of carbonyl (C=O) groups excluding carboxylic acids is 3. The van der Waals surface area contributed by atoms with Crippen molar-refractivity contribution in [3.05, 3.63) is 35.9 Å². The van der Waals surface area contributed by atoms with Crippen molar-refractivity contribution in [2.75, 3.05) is 18.6 Å². The summed E-state index contributed by atoms with van der Waals surface area (Å²) in [6.45, 7) is 4.94. The third-order valence-corrected chi connectivity index (χ3v) is 6.39. The lowest BCUT2D eigenvalue weighted by molar-refractivity contribution is -0.142. The minimum absolute atomic E-state index is 0.0497. The standard InChI is InChI=1S/C26H38N4O4S/c1-26(2,3)34-25(33)29-21(15-18-35-4)24(32)30(17-16-27)22(19-11-7-5-8-12-19)23(31)28-20-13-9-6-10-14-20/h5,7-8,11-12,20-22H,6,9-10,13-15,17-18H2,1-4H3,(H,28,31)(H,29,33). The van der Waals surface area contributed by atoms with Gasteiger partial charge in [0.25, 0.3) is 0 Å². The van der Waals surface area contributed by atoms with Crippen molar-refractivity contribution in [3.63, 3.8) is 0 Å². The molecule has 35 heavy (non-hydrogen) atoms. The highest BCUT2D eigenvalue weighted by Gasteiger charge is 2.36. The van der Waals surface area contributed by atoms with Gasteiger partial charge in [0, 0.05) is 6.04 Å². The summed E-state index contributed by atoms with van der Waals surface area (Å²) in [5, 5.41) is 15.4. The van der Waals surface area contributed by atoms with Crippen LogP contribution in [0.1, 0.15) is 70.9 Å². The van der Waals surface area contributed by atoms with E-state index < -0.39 is 29.7 Å². The number of amides is 3. The van der Waals surface area contributed by atoms with E-state index in [0.29, 0.717) is 17.7 Å². The maximum absolute atomic E-state index is 13.8. The topological polar surface area (TPSA) is 112 Å². The Morgan fingerprint density at radius 2 is 1.83 bits per heavy atom. The van der Waals surface area contributed by atoms with Crippen molar-refractivity contribution in [1.29, 1.82) is 5.26 Å². The molecule has 0 spiro atoms. The van der Waals surface area contributed by atoms with E-state index in [1.54, 1.807) is 45.0 Å². The molecule has 2 rings (SSSR count). The number of hydrogen-bond acceptors (Lipinski definition) is 6. The van der Waals surface area contributed by atoms with Gasteiger partial charge in [-0.2, -0.15) is 17.0 Å². The SMILES string of the molecule is CSCCC(NC(=O)OC(C)(C)C)C(=O)N(CC#N)C(C(=O)NC1CCCCC1)c1ccccc1. The summed E-state index contributed by atoms with van der Waals surface area (Å²) in [6.07, 6.45) is 6.60. The van der Waals surface area contributed by atoms with E-state index in [9.17, 15) is 19.6 Å². The molecular formula is C26H38N4O4S. The second-order valence-corrected chi connectivity index (χ2v) is 10.7. The third-order valence-electron chi connectivity index (χ3n) is 5.75. The molecule has 1 aromatic rings. The predicted molar refractivity (Wildman–Crippen MR) is 138 cm³/mol. The molecule has 1 aliphatic carbocycles. The molecule has 3 amide bonds. The lowest BCUT2D eigenvalue weighted by atomic mass is 9.94. The largest absolute Gasteiger partial charge is 0.444 e. The van der Waals surface area contributed by atoms with E-state index in [2.05, 4.69) is 10.6 Å². The summed E-state index contributed by atoms with van der Waals surface area (Å²) in [5.74, 6) is -0.191. The smallest absolute Gasteiger partial charge is 0.408 e. The van der Waals surface area contributed by atoms with Crippen molar-refractivity contribution < 1.29 is 19.1 Å². The van der Waals surface area contributed by atoms with E-state index in [1.165, 1.54) is 16.7 Å². The van der Waals surface area contributed by atoms with Crippen LogP contribution in [0.4, 0.5) is 4.79 Å². The molecule has 8 nitrogen and oxygen atoms in total. The van der Waals surface area contributed by atoms with Gasteiger partial charge < -0.3 is 20.3 Å². The van der Waals surface area contributed by atoms with Gasteiger partial charge in [0.1, 0.15) is 24.2 Å². The molecule has 1 saturated carbocycles. The normalized spacial score (nSPS) is 15.9. The molecule has 0 heterocycles. The van der Waals surface area contributed by atoms with Crippen molar-refractivity contribution >= 4 is 29.7 Å². The maximum Gasteiger partial charge on any atom is 0.408 e. The number of rotatable bonds is 10. The fraction of sp³-hybridized carbons (Fsp3) is 0.615. The highest BCUT2D eigenvalue weighted by atomic mass is 32.2. The van der Waals surface area contributed by atoms with Crippen molar-refractivity contribution in [1.82, 2.24) is 15.5 Å². The Kier molecular flexibility index (Phi) is 11.4. The van der Waals surface area contributed by atoms with Gasteiger partial charge in [-0.1, -0.05) is 49.6 Å². The fourth-order valence-electron chi connectivity index (χ4n) is 4.15. The first-order chi connectivity index (χ1) is 16.7. The lowest BCUT2D eigenvalue weighted by Crippen LogP contribution is -2.54. The number of nitrogens with zero attached hydrogens (tertiary/aromatic N) is 2. The zero-order chi connectivity index (χ0) is 25.8. The average Bonchev–Trinajstić information content (AvgIpc) is 2.81. The predicted octanol–water partition coefficient (Wildman–Crippen LogP) is 4.18. The molecule has 2 atom stereocenters. The summed E-state index contributed by atoms with van der Waals surface area (Å²) in [5.41, 5.74) is -0.110. The van der Waals surface area contributed by atoms with Crippen LogP contribution in [-0.2, 0) is 14.3 Å². The van der Waals surface area contributed by atoms with Gasteiger partial charge in [-0.05, 0) is 57.6 Å². The Bertz CT molecular complexity index is 876. The molecule has 0 aliphatic heterocycles. The number of hydrogen-bond donors (Lipinski definition) is 2. The van der Waals surface area contributed by atoms with Crippen molar-refractivity contribution in [3.8, 4) is 6.07 Å². The molecule has 2 N–H and O–H groups in total. The summed E-state index contributed by atoms with van der Waals surface area (Å²) in [7, 11) is 0. The highest BCUT2D eigenvalue weighted by Crippen LogP contribution is 2.25. The number of nitrogens with one attached hydrogen (secondary N) is 2. The minimum Gasteiger partial charge on any atom is -0.444 e. The zero-order valence-electron chi connectivity index (χ0n) is 21.2. The molecule has 192 valence electrons. The Labute approximate surface area is 213 Å². The van der Waals surface area contributed by atoms with Gasteiger partial charge in [-0.15, -0.1) is 0 Å². The van der Waals surface area contributed by atoms with E-state index in [-0.39, 0.29) is 18.5 Å². The number of carbonyl (C=O) groups is 3. The van der Waals surface area contributed by atoms with Crippen LogP contribution >= 0.6 is 11.8 Å². The Morgan fingerprint density at radius 3 is 2.40 bits per heavy atom. The molecule has 9 heteroatoms. The highest BCUT2D eigenvalue weighted by molar-refractivity contribution is 7.98. The summed E-state index contributed by atoms with van der Waals surface area (Å²) >= 11 is 1.54. The van der Waals surface area contributed by atoms with Crippen LogP contribution in [-0.4, -0.2) is 59.0 Å². The first-order valence-corrected chi connectivity index (χ1v) is 13.6. The second kappa shape index (κ2) is 14.0. The van der Waals surface area contributed by atoms with Gasteiger partial charge in [0.15, 0.2) is 0 Å². The van der Waals surface area contributed by atoms with Crippen LogP contribution in [0.2, 0.25) is 0 Å². The van der Waals surface area contributed by atoms with Crippen LogP contribution in [0.25, 0.3) is 0 Å². The van der Waals surface area contributed by atoms with E-state index in [0.717, 1.165) is 32.1 Å².